The van der Waals surface area contributed by atoms with Crippen LogP contribution in [0.3, 0.4) is 0 Å². The molecule has 0 aliphatic heterocycles. The topological polar surface area (TPSA) is 162 Å². The van der Waals surface area contributed by atoms with E-state index in [1.807, 2.05) is 36.4 Å². The van der Waals surface area contributed by atoms with Crippen molar-refractivity contribution in [3.8, 4) is 0 Å². The maximum absolute atomic E-state index is 13.4. The summed E-state index contributed by atoms with van der Waals surface area (Å²) >= 11 is 0. The Labute approximate surface area is 283 Å². The smallest absolute Gasteiger partial charge is 0.429 e. The highest BCUT2D eigenvalue weighted by Crippen LogP contribution is 2.12. The molecule has 4 amide bonds. The Morgan fingerprint density at radius 1 is 0.688 bits per heavy atom. The van der Waals surface area contributed by atoms with Gasteiger partial charge in [-0.2, -0.15) is 0 Å². The first kappa shape index (κ1) is 39.4. The van der Waals surface area contributed by atoms with Gasteiger partial charge in [0, 0.05) is 13.1 Å². The molecule has 13 nitrogen and oxygen atoms in total. The molecule has 264 valence electrons. The first-order valence-electron chi connectivity index (χ1n) is 16.1. The third kappa shape index (κ3) is 17.8. The predicted octanol–water partition coefficient (Wildman–Crippen LogP) is 5.77. The number of hydrogen-bond acceptors (Lipinski definition) is 9. The van der Waals surface area contributed by atoms with Crippen molar-refractivity contribution in [3.63, 3.8) is 0 Å². The van der Waals surface area contributed by atoms with Gasteiger partial charge in [0.1, 0.15) is 30.5 Å². The SMILES string of the molecule is CC(C)(C)OC(=O)N[C@@H](CC(=O)OCc1ccccc1)C(=O)NN(CCCCCCNC(=O)OCc1ccccc1)C(=O)OC(C)(C)C. The van der Waals surface area contributed by atoms with Gasteiger partial charge >= 0.3 is 24.2 Å². The van der Waals surface area contributed by atoms with Crippen LogP contribution in [0, 0.1) is 0 Å². The lowest BCUT2D eigenvalue weighted by Gasteiger charge is -2.29. The third-order valence-corrected chi connectivity index (χ3v) is 6.27. The van der Waals surface area contributed by atoms with Gasteiger partial charge in [0.25, 0.3) is 5.91 Å². The highest BCUT2D eigenvalue weighted by molar-refractivity contribution is 5.90. The highest BCUT2D eigenvalue weighted by atomic mass is 16.6. The normalized spacial score (nSPS) is 11.8. The van der Waals surface area contributed by atoms with Crippen molar-refractivity contribution in [2.75, 3.05) is 13.1 Å². The zero-order valence-corrected chi connectivity index (χ0v) is 28.8. The second kappa shape index (κ2) is 19.8. The molecular formula is C35H50N4O9. The van der Waals surface area contributed by atoms with Crippen LogP contribution in [0.1, 0.15) is 84.8 Å². The molecule has 0 unspecified atom stereocenters. The first-order valence-corrected chi connectivity index (χ1v) is 16.1. The van der Waals surface area contributed by atoms with E-state index in [0.29, 0.717) is 25.8 Å². The first-order chi connectivity index (χ1) is 22.6. The van der Waals surface area contributed by atoms with Gasteiger partial charge in [-0.15, -0.1) is 0 Å². The van der Waals surface area contributed by atoms with E-state index >= 15 is 0 Å². The van der Waals surface area contributed by atoms with Gasteiger partial charge in [0.15, 0.2) is 0 Å². The van der Waals surface area contributed by atoms with Gasteiger partial charge in [-0.05, 0) is 65.5 Å². The molecule has 48 heavy (non-hydrogen) atoms. The molecule has 0 saturated heterocycles. The zero-order chi connectivity index (χ0) is 35.6. The van der Waals surface area contributed by atoms with Crippen LogP contribution in [-0.4, -0.2) is 65.5 Å². The van der Waals surface area contributed by atoms with Crippen molar-refractivity contribution in [1.29, 1.82) is 0 Å². The molecule has 13 heteroatoms. The van der Waals surface area contributed by atoms with Crippen LogP contribution in [0.25, 0.3) is 0 Å². The lowest BCUT2D eigenvalue weighted by Crippen LogP contribution is -2.56. The molecule has 2 aromatic rings. The Balaban J connectivity index is 1.94. The zero-order valence-electron chi connectivity index (χ0n) is 28.8. The minimum atomic E-state index is -1.42. The van der Waals surface area contributed by atoms with Gasteiger partial charge in [-0.3, -0.25) is 15.0 Å². The number of nitrogens with zero attached hydrogens (tertiary/aromatic N) is 1. The number of ether oxygens (including phenoxy) is 4. The number of amides is 4. The monoisotopic (exact) mass is 670 g/mol. The fourth-order valence-corrected chi connectivity index (χ4v) is 4.06. The van der Waals surface area contributed by atoms with Gasteiger partial charge in [0.05, 0.1) is 6.42 Å². The van der Waals surface area contributed by atoms with Crippen LogP contribution in [-0.2, 0) is 41.8 Å². The van der Waals surface area contributed by atoms with Crippen LogP contribution < -0.4 is 16.1 Å². The van der Waals surface area contributed by atoms with Crippen molar-refractivity contribution in [1.82, 2.24) is 21.1 Å². The molecule has 0 spiro atoms. The minimum absolute atomic E-state index is 0.0190. The number of carbonyl (C=O) groups is 5. The van der Waals surface area contributed by atoms with Crippen molar-refractivity contribution < 1.29 is 42.9 Å². The Hall–Kier alpha value is -4.81. The van der Waals surface area contributed by atoms with E-state index in [9.17, 15) is 24.0 Å². The summed E-state index contributed by atoms with van der Waals surface area (Å²) in [6, 6.07) is 17.0. The fraction of sp³-hybridized carbons (Fsp3) is 0.514. The quantitative estimate of drug-likeness (QED) is 0.0925. The molecule has 0 aromatic heterocycles. The van der Waals surface area contributed by atoms with E-state index in [-0.39, 0.29) is 19.8 Å². The van der Waals surface area contributed by atoms with Gasteiger partial charge in [-0.25, -0.2) is 19.4 Å². The van der Waals surface area contributed by atoms with Crippen LogP contribution in [0.5, 0.6) is 0 Å². The molecule has 0 aliphatic rings. The van der Waals surface area contributed by atoms with Gasteiger partial charge in [-0.1, -0.05) is 73.5 Å². The average Bonchev–Trinajstić information content (AvgIpc) is 3.00. The van der Waals surface area contributed by atoms with Gasteiger partial charge < -0.3 is 29.6 Å². The van der Waals surface area contributed by atoms with Crippen LogP contribution >= 0.6 is 0 Å². The minimum Gasteiger partial charge on any atom is -0.461 e. The number of unbranched alkanes of at least 4 members (excludes halogenated alkanes) is 3. The molecule has 2 rings (SSSR count). The summed E-state index contributed by atoms with van der Waals surface area (Å²) in [5.41, 5.74) is 2.43. The maximum atomic E-state index is 13.4. The molecule has 1 atom stereocenters. The van der Waals surface area contributed by atoms with Crippen molar-refractivity contribution >= 4 is 30.2 Å². The summed E-state index contributed by atoms with van der Waals surface area (Å²) in [6.45, 7) is 10.7. The second-order valence-electron chi connectivity index (χ2n) is 13.1. The largest absolute Gasteiger partial charge is 0.461 e. The van der Waals surface area contributed by atoms with Crippen LogP contribution in [0.2, 0.25) is 0 Å². The number of esters is 1. The summed E-state index contributed by atoms with van der Waals surface area (Å²) in [7, 11) is 0. The maximum Gasteiger partial charge on any atom is 0.429 e. The molecule has 0 aliphatic carbocycles. The number of nitrogens with one attached hydrogen (secondary N) is 3. The Kier molecular flexibility index (Phi) is 16.2. The molecule has 0 radical (unpaired) electrons. The van der Waals surface area contributed by atoms with E-state index < -0.39 is 53.8 Å². The number of alkyl carbamates (subject to hydrolysis) is 2. The standard InChI is InChI=1S/C35H50N4O9/c1-34(2,3)47-32(43)37-28(23-29(40)45-24-26-17-11-9-12-18-26)30(41)38-39(33(44)48-35(4,5)6)22-16-8-7-15-21-36-31(42)46-25-27-19-13-10-14-20-27/h9-14,17-20,28H,7-8,15-16,21-25H2,1-6H3,(H,36,42)(H,37,43)(H,38,41)/t28-/m0/s1. The van der Waals surface area contributed by atoms with E-state index in [0.717, 1.165) is 22.6 Å². The van der Waals surface area contributed by atoms with Crippen molar-refractivity contribution in [2.24, 2.45) is 0 Å². The lowest BCUT2D eigenvalue weighted by molar-refractivity contribution is -0.147. The second-order valence-corrected chi connectivity index (χ2v) is 13.1. The number of rotatable bonds is 15. The molecule has 2 aromatic carbocycles. The molecule has 0 bridgehead atoms. The molecule has 0 saturated carbocycles. The number of carbonyl (C=O) groups excluding carboxylic acids is 5. The van der Waals surface area contributed by atoms with Crippen LogP contribution in [0.15, 0.2) is 60.7 Å². The Morgan fingerprint density at radius 3 is 1.79 bits per heavy atom. The molecule has 0 heterocycles. The van der Waals surface area contributed by atoms with Crippen LogP contribution in [0.4, 0.5) is 14.4 Å². The highest BCUT2D eigenvalue weighted by Gasteiger charge is 2.31. The summed E-state index contributed by atoms with van der Waals surface area (Å²) < 4.78 is 21.3. The van der Waals surface area contributed by atoms with Crippen molar-refractivity contribution in [2.45, 2.75) is 104 Å². The molecule has 0 fully saturated rings. The number of hydrazine groups is 1. The number of benzene rings is 2. The van der Waals surface area contributed by atoms with Crippen molar-refractivity contribution in [3.05, 3.63) is 71.8 Å². The summed E-state index contributed by atoms with van der Waals surface area (Å²) in [4.78, 5) is 63.7. The summed E-state index contributed by atoms with van der Waals surface area (Å²) in [5, 5.41) is 6.15. The number of hydrogen-bond donors (Lipinski definition) is 3. The predicted molar refractivity (Wildman–Crippen MR) is 178 cm³/mol. The molecule has 3 N–H and O–H groups in total. The van der Waals surface area contributed by atoms with E-state index in [1.54, 1.807) is 65.8 Å². The summed E-state index contributed by atoms with van der Waals surface area (Å²) in [5.74, 6) is -1.57. The lowest BCUT2D eigenvalue weighted by atomic mass is 10.2. The third-order valence-electron chi connectivity index (χ3n) is 6.27. The van der Waals surface area contributed by atoms with E-state index in [1.165, 1.54) is 0 Å². The van der Waals surface area contributed by atoms with E-state index in [2.05, 4.69) is 16.1 Å². The Morgan fingerprint density at radius 2 is 1.23 bits per heavy atom. The molecular weight excluding hydrogens is 620 g/mol. The average molecular weight is 671 g/mol. The summed E-state index contributed by atoms with van der Waals surface area (Å²) in [6.07, 6.45) is -0.182. The fourth-order valence-electron chi connectivity index (χ4n) is 4.06. The van der Waals surface area contributed by atoms with E-state index in [4.69, 9.17) is 18.9 Å². The Bertz CT molecular complexity index is 1310. The van der Waals surface area contributed by atoms with Gasteiger partial charge in [0.2, 0.25) is 0 Å².